The van der Waals surface area contributed by atoms with Crippen LogP contribution in [0.1, 0.15) is 30.9 Å². The molecule has 2 aliphatic rings. The smallest absolute Gasteiger partial charge is 0.165 e. The fourth-order valence-electron chi connectivity index (χ4n) is 3.33. The Labute approximate surface area is 123 Å². The van der Waals surface area contributed by atoms with Crippen molar-refractivity contribution in [2.45, 2.75) is 31.0 Å². The number of aliphatic hydroxyl groups is 1. The summed E-state index contributed by atoms with van der Waals surface area (Å²) in [7, 11) is 1.42. The average molecular weight is 296 g/mol. The Morgan fingerprint density at radius 3 is 3.00 bits per heavy atom. The first-order valence-corrected chi connectivity index (χ1v) is 7.37. The molecule has 0 amide bonds. The number of hydrogen-bond donors (Lipinski definition) is 1. The summed E-state index contributed by atoms with van der Waals surface area (Å²) >= 11 is 0. The van der Waals surface area contributed by atoms with E-state index in [1.807, 2.05) is 0 Å². The molecule has 2 heterocycles. The molecule has 0 aliphatic carbocycles. The van der Waals surface area contributed by atoms with Crippen molar-refractivity contribution in [2.75, 3.05) is 26.9 Å². The van der Waals surface area contributed by atoms with Crippen LogP contribution >= 0.6 is 0 Å². The van der Waals surface area contributed by atoms with Gasteiger partial charge in [0.25, 0.3) is 0 Å². The number of hydrogen-bond acceptors (Lipinski definition) is 4. The standard InChI is InChI=1S/C16H21FO4/c1-19-14-8-11(2-3-13(14)17)15(18)12-4-6-21-16(9-12)5-7-20-10-16/h2-3,8,12,15,18H,4-7,9-10H2,1H3. The van der Waals surface area contributed by atoms with Gasteiger partial charge in [-0.05, 0) is 36.5 Å². The highest BCUT2D eigenvalue weighted by molar-refractivity contribution is 5.32. The van der Waals surface area contributed by atoms with Gasteiger partial charge in [-0.3, -0.25) is 0 Å². The first kappa shape index (κ1) is 14.8. The molecule has 0 bridgehead atoms. The lowest BCUT2D eigenvalue weighted by Crippen LogP contribution is -2.41. The van der Waals surface area contributed by atoms with Gasteiger partial charge in [0.1, 0.15) is 0 Å². The van der Waals surface area contributed by atoms with E-state index in [1.165, 1.54) is 13.2 Å². The summed E-state index contributed by atoms with van der Waals surface area (Å²) in [4.78, 5) is 0. The second-order valence-corrected chi connectivity index (χ2v) is 5.93. The summed E-state index contributed by atoms with van der Waals surface area (Å²) in [5, 5.41) is 10.6. The highest BCUT2D eigenvalue weighted by Gasteiger charge is 2.43. The molecular formula is C16H21FO4. The van der Waals surface area contributed by atoms with Crippen molar-refractivity contribution in [1.29, 1.82) is 0 Å². The summed E-state index contributed by atoms with van der Waals surface area (Å²) in [6, 6.07) is 4.54. The Morgan fingerprint density at radius 1 is 1.43 bits per heavy atom. The molecule has 1 spiro atoms. The molecule has 4 nitrogen and oxygen atoms in total. The topological polar surface area (TPSA) is 47.9 Å². The minimum Gasteiger partial charge on any atom is -0.494 e. The van der Waals surface area contributed by atoms with Crippen molar-refractivity contribution < 1.29 is 23.7 Å². The molecule has 0 radical (unpaired) electrons. The zero-order chi connectivity index (χ0) is 14.9. The normalized spacial score (nSPS) is 30.5. The molecule has 5 heteroatoms. The zero-order valence-corrected chi connectivity index (χ0v) is 12.2. The molecule has 3 rings (SSSR count). The van der Waals surface area contributed by atoms with Crippen LogP contribution in [0.15, 0.2) is 18.2 Å². The molecule has 3 unspecified atom stereocenters. The predicted octanol–water partition coefficient (Wildman–Crippen LogP) is 2.45. The molecule has 3 atom stereocenters. The van der Waals surface area contributed by atoms with E-state index in [4.69, 9.17) is 14.2 Å². The molecule has 1 aromatic rings. The van der Waals surface area contributed by atoms with Gasteiger partial charge < -0.3 is 19.3 Å². The lowest BCUT2D eigenvalue weighted by molar-refractivity contribution is -0.117. The van der Waals surface area contributed by atoms with Crippen LogP contribution in [-0.2, 0) is 9.47 Å². The van der Waals surface area contributed by atoms with Crippen molar-refractivity contribution in [2.24, 2.45) is 5.92 Å². The third-order valence-corrected chi connectivity index (χ3v) is 4.56. The number of rotatable bonds is 3. The molecular weight excluding hydrogens is 275 g/mol. The van der Waals surface area contributed by atoms with Gasteiger partial charge in [-0.1, -0.05) is 6.07 Å². The van der Waals surface area contributed by atoms with Gasteiger partial charge in [0.15, 0.2) is 11.6 Å². The lowest BCUT2D eigenvalue weighted by Gasteiger charge is -2.39. The van der Waals surface area contributed by atoms with Gasteiger partial charge in [0, 0.05) is 19.6 Å². The summed E-state index contributed by atoms with van der Waals surface area (Å²) < 4.78 is 29.8. The quantitative estimate of drug-likeness (QED) is 0.931. The maximum absolute atomic E-state index is 13.5. The minimum atomic E-state index is -0.638. The van der Waals surface area contributed by atoms with Crippen molar-refractivity contribution in [3.05, 3.63) is 29.6 Å². The van der Waals surface area contributed by atoms with Crippen molar-refractivity contribution in [1.82, 2.24) is 0 Å². The van der Waals surface area contributed by atoms with Gasteiger partial charge in [-0.15, -0.1) is 0 Å². The number of methoxy groups -OCH3 is 1. The van der Waals surface area contributed by atoms with Crippen molar-refractivity contribution >= 4 is 0 Å². The van der Waals surface area contributed by atoms with Crippen LogP contribution in [0.4, 0.5) is 4.39 Å². The Balaban J connectivity index is 1.76. The molecule has 2 fully saturated rings. The lowest BCUT2D eigenvalue weighted by atomic mass is 9.80. The van der Waals surface area contributed by atoms with Gasteiger partial charge in [0.05, 0.1) is 25.4 Å². The van der Waals surface area contributed by atoms with Gasteiger partial charge in [-0.25, -0.2) is 4.39 Å². The Bertz CT molecular complexity index is 499. The average Bonchev–Trinajstić information content (AvgIpc) is 2.95. The fourth-order valence-corrected chi connectivity index (χ4v) is 3.33. The number of benzene rings is 1. The van der Waals surface area contributed by atoms with Crippen LogP contribution < -0.4 is 4.74 Å². The molecule has 0 aromatic heterocycles. The van der Waals surface area contributed by atoms with Crippen LogP contribution in [0.25, 0.3) is 0 Å². The second kappa shape index (κ2) is 5.91. The largest absolute Gasteiger partial charge is 0.494 e. The second-order valence-electron chi connectivity index (χ2n) is 5.93. The SMILES string of the molecule is COc1cc(C(O)C2CCOC3(CCOC3)C2)ccc1F. The summed E-state index contributed by atoms with van der Waals surface area (Å²) in [5.41, 5.74) is 0.447. The first-order valence-electron chi connectivity index (χ1n) is 7.37. The van der Waals surface area contributed by atoms with Crippen LogP contribution in [0, 0.1) is 11.7 Å². The van der Waals surface area contributed by atoms with E-state index in [9.17, 15) is 9.50 Å². The van der Waals surface area contributed by atoms with Crippen LogP contribution in [0.5, 0.6) is 5.75 Å². The zero-order valence-electron chi connectivity index (χ0n) is 12.2. The molecule has 1 N–H and O–H groups in total. The van der Waals surface area contributed by atoms with Crippen molar-refractivity contribution in [3.8, 4) is 5.75 Å². The molecule has 2 aliphatic heterocycles. The fraction of sp³-hybridized carbons (Fsp3) is 0.625. The van der Waals surface area contributed by atoms with Crippen molar-refractivity contribution in [3.63, 3.8) is 0 Å². The predicted molar refractivity (Wildman–Crippen MR) is 74.8 cm³/mol. The Kier molecular flexibility index (Phi) is 4.15. The molecule has 21 heavy (non-hydrogen) atoms. The van der Waals surface area contributed by atoms with E-state index in [0.717, 1.165) is 19.3 Å². The van der Waals surface area contributed by atoms with E-state index in [0.29, 0.717) is 25.4 Å². The molecule has 2 saturated heterocycles. The summed E-state index contributed by atoms with van der Waals surface area (Å²) in [5.74, 6) is -0.158. The molecule has 0 saturated carbocycles. The van der Waals surface area contributed by atoms with E-state index in [2.05, 4.69) is 0 Å². The summed E-state index contributed by atoms with van der Waals surface area (Å²) in [6.45, 7) is 1.94. The monoisotopic (exact) mass is 296 g/mol. The maximum Gasteiger partial charge on any atom is 0.165 e. The summed E-state index contributed by atoms with van der Waals surface area (Å²) in [6.07, 6.45) is 1.81. The van der Waals surface area contributed by atoms with Crippen LogP contribution in [-0.4, -0.2) is 37.6 Å². The van der Waals surface area contributed by atoms with Crippen LogP contribution in [0.3, 0.4) is 0 Å². The molecule has 116 valence electrons. The first-order chi connectivity index (χ1) is 10.1. The third kappa shape index (κ3) is 2.91. The van der Waals surface area contributed by atoms with E-state index in [1.54, 1.807) is 12.1 Å². The van der Waals surface area contributed by atoms with Crippen LogP contribution in [0.2, 0.25) is 0 Å². The number of aliphatic hydroxyl groups excluding tert-OH is 1. The number of ether oxygens (including phenoxy) is 3. The third-order valence-electron chi connectivity index (χ3n) is 4.56. The van der Waals surface area contributed by atoms with E-state index in [-0.39, 0.29) is 17.3 Å². The highest BCUT2D eigenvalue weighted by atomic mass is 19.1. The van der Waals surface area contributed by atoms with Gasteiger partial charge in [0.2, 0.25) is 0 Å². The highest BCUT2D eigenvalue weighted by Crippen LogP contribution is 2.41. The Hall–Kier alpha value is -1.17. The van der Waals surface area contributed by atoms with Gasteiger partial charge >= 0.3 is 0 Å². The molecule has 1 aromatic carbocycles. The maximum atomic E-state index is 13.5. The van der Waals surface area contributed by atoms with Gasteiger partial charge in [-0.2, -0.15) is 0 Å². The van der Waals surface area contributed by atoms with E-state index >= 15 is 0 Å². The number of halogens is 1. The Morgan fingerprint density at radius 2 is 2.29 bits per heavy atom. The minimum absolute atomic E-state index is 0.0932. The van der Waals surface area contributed by atoms with E-state index < -0.39 is 11.9 Å².